The lowest BCUT2D eigenvalue weighted by Gasteiger charge is -2.48. The summed E-state index contributed by atoms with van der Waals surface area (Å²) in [4.78, 5) is 10.2. The van der Waals surface area contributed by atoms with Gasteiger partial charge in [0.1, 0.15) is 79.0 Å². The predicted molar refractivity (Wildman–Crippen MR) is 133 cm³/mol. The number of aliphatic hydroxyl groups is 10. The molecule has 9 unspecified atom stereocenters. The quantitative estimate of drug-likeness (QED) is 0.0856. The minimum atomic E-state index is -1.96. The number of nitro benzene ring substituents is 1. The molecule has 3 heterocycles. The fraction of sp³-hybridized carbons (Fsp3) is 0.750. The van der Waals surface area contributed by atoms with Crippen LogP contribution in [0.2, 0.25) is 0 Å². The van der Waals surface area contributed by atoms with Crippen LogP contribution in [0.5, 0.6) is 5.75 Å². The molecule has 0 aliphatic carbocycles. The van der Waals surface area contributed by atoms with Crippen LogP contribution in [0.4, 0.5) is 5.69 Å². The Kier molecular flexibility index (Phi) is 11.2. The molecular formula is C24H35NO18. The molecule has 3 fully saturated rings. The smallest absolute Gasteiger partial charge is 0.269 e. The van der Waals surface area contributed by atoms with Gasteiger partial charge in [-0.2, -0.15) is 0 Å². The average Bonchev–Trinajstić information content (AvgIpc) is 3.00. The van der Waals surface area contributed by atoms with Crippen molar-refractivity contribution in [3.05, 3.63) is 34.4 Å². The van der Waals surface area contributed by atoms with Crippen molar-refractivity contribution in [1.82, 2.24) is 0 Å². The lowest BCUT2D eigenvalue weighted by atomic mass is 9.96. The zero-order chi connectivity index (χ0) is 31.6. The third kappa shape index (κ3) is 7.06. The highest BCUT2D eigenvalue weighted by molar-refractivity contribution is 5.36. The van der Waals surface area contributed by atoms with Gasteiger partial charge in [-0.25, -0.2) is 0 Å². The van der Waals surface area contributed by atoms with E-state index < -0.39 is 117 Å². The molecule has 244 valence electrons. The van der Waals surface area contributed by atoms with E-state index in [4.69, 9.17) is 28.4 Å². The molecule has 0 bridgehead atoms. The molecule has 3 aliphatic rings. The van der Waals surface area contributed by atoms with E-state index in [0.717, 1.165) is 12.1 Å². The number of rotatable bonds is 10. The van der Waals surface area contributed by atoms with Crippen LogP contribution in [-0.2, 0) is 23.7 Å². The van der Waals surface area contributed by atoms with Gasteiger partial charge >= 0.3 is 0 Å². The van der Waals surface area contributed by atoms with Crippen LogP contribution >= 0.6 is 0 Å². The molecule has 19 nitrogen and oxygen atoms in total. The van der Waals surface area contributed by atoms with E-state index in [1.54, 1.807) is 0 Å². The second-order valence-corrected chi connectivity index (χ2v) is 10.2. The number of nitrogens with zero attached hydrogens (tertiary/aromatic N) is 1. The number of nitro groups is 1. The first-order valence-electron chi connectivity index (χ1n) is 13.2. The van der Waals surface area contributed by atoms with Crippen molar-refractivity contribution in [2.45, 2.75) is 92.1 Å². The van der Waals surface area contributed by atoms with Crippen molar-refractivity contribution in [2.75, 3.05) is 19.8 Å². The molecule has 10 N–H and O–H groups in total. The molecular weight excluding hydrogens is 590 g/mol. The van der Waals surface area contributed by atoms with E-state index in [2.05, 4.69) is 0 Å². The second-order valence-electron chi connectivity index (χ2n) is 10.2. The molecule has 15 atom stereocenters. The molecule has 0 aromatic heterocycles. The minimum Gasteiger partial charge on any atom is -0.462 e. The highest BCUT2D eigenvalue weighted by Crippen LogP contribution is 2.33. The maximum absolute atomic E-state index is 10.8. The number of hydrogen-bond donors (Lipinski definition) is 10. The monoisotopic (exact) mass is 625 g/mol. The van der Waals surface area contributed by atoms with Crippen molar-refractivity contribution >= 4 is 5.69 Å². The number of aliphatic hydroxyl groups excluding tert-OH is 10. The normalized spacial score (nSPS) is 43.7. The zero-order valence-corrected chi connectivity index (χ0v) is 22.3. The van der Waals surface area contributed by atoms with E-state index in [9.17, 15) is 61.2 Å². The standard InChI is InChI=1S/C24H35NO18/c26-5-10-13(29)14(30)17(33)23(39-10)42-21-12(7-28)41-24(19(35)16(21)32)43-20-11(6-27)40-22(18(34)15(20)31)38-9-3-1-8(2-4-9)25(36)37/h1-4,10-24,26-35H,5-7H2/t10?,11?,12?,13-,14?,15?,16?,17?,18?,19?,20+,21-,22+,23+,24-/m0/s1. The van der Waals surface area contributed by atoms with E-state index in [1.165, 1.54) is 12.1 Å². The van der Waals surface area contributed by atoms with Crippen LogP contribution < -0.4 is 4.74 Å². The van der Waals surface area contributed by atoms with E-state index in [0.29, 0.717) is 0 Å². The van der Waals surface area contributed by atoms with Crippen LogP contribution in [0.1, 0.15) is 0 Å². The third-order valence-corrected chi connectivity index (χ3v) is 7.37. The summed E-state index contributed by atoms with van der Waals surface area (Å²) in [7, 11) is 0. The molecule has 3 saturated heterocycles. The summed E-state index contributed by atoms with van der Waals surface area (Å²) >= 11 is 0. The first-order chi connectivity index (χ1) is 20.4. The summed E-state index contributed by atoms with van der Waals surface area (Å²) in [6.07, 6.45) is -25.4. The second kappa shape index (κ2) is 14.3. The van der Waals surface area contributed by atoms with Gasteiger partial charge in [0.25, 0.3) is 5.69 Å². The highest BCUT2D eigenvalue weighted by Gasteiger charge is 2.53. The SMILES string of the molecule is O=[N+]([O-])c1ccc(O[C@@H]2OC(CO)[C@@H](O[C@@H]3OC(CO)[C@H](O[C@H]4OC(CO)[C@H](O)C(O)C4O)C(O)C3O)C(O)C2O)cc1. The predicted octanol–water partition coefficient (Wildman–Crippen LogP) is -5.58. The molecule has 19 heteroatoms. The number of benzene rings is 1. The molecule has 4 rings (SSSR count). The first kappa shape index (κ1) is 33.7. The molecule has 0 spiro atoms. The van der Waals surface area contributed by atoms with Gasteiger partial charge in [-0.3, -0.25) is 10.1 Å². The zero-order valence-electron chi connectivity index (χ0n) is 22.3. The molecule has 1 aromatic carbocycles. The minimum absolute atomic E-state index is 0.0308. The van der Waals surface area contributed by atoms with Gasteiger partial charge in [0.05, 0.1) is 24.7 Å². The van der Waals surface area contributed by atoms with Gasteiger partial charge in [-0.15, -0.1) is 0 Å². The van der Waals surface area contributed by atoms with Crippen LogP contribution in [0.15, 0.2) is 24.3 Å². The van der Waals surface area contributed by atoms with Gasteiger partial charge in [0, 0.05) is 12.1 Å². The van der Waals surface area contributed by atoms with Gasteiger partial charge in [-0.1, -0.05) is 0 Å². The Morgan fingerprint density at radius 1 is 0.605 bits per heavy atom. The lowest BCUT2D eigenvalue weighted by molar-refractivity contribution is -0.384. The van der Waals surface area contributed by atoms with Gasteiger partial charge < -0.3 is 79.5 Å². The third-order valence-electron chi connectivity index (χ3n) is 7.37. The fourth-order valence-electron chi connectivity index (χ4n) is 4.92. The molecule has 0 amide bonds. The van der Waals surface area contributed by atoms with Gasteiger partial charge in [0.15, 0.2) is 12.6 Å². The summed E-state index contributed by atoms with van der Waals surface area (Å²) in [5.41, 5.74) is -0.227. The Bertz CT molecular complexity index is 1040. The van der Waals surface area contributed by atoms with E-state index in [-0.39, 0.29) is 11.4 Å². The Labute approximate surface area is 242 Å². The summed E-state index contributed by atoms with van der Waals surface area (Å²) in [6, 6.07) is 4.72. The summed E-state index contributed by atoms with van der Waals surface area (Å²) in [5, 5.41) is 113. The maximum Gasteiger partial charge on any atom is 0.269 e. The Balaban J connectivity index is 1.42. The van der Waals surface area contributed by atoms with Crippen LogP contribution in [0, 0.1) is 10.1 Å². The van der Waals surface area contributed by atoms with Gasteiger partial charge in [0.2, 0.25) is 6.29 Å². The van der Waals surface area contributed by atoms with Crippen molar-refractivity contribution in [3.8, 4) is 5.75 Å². The lowest BCUT2D eigenvalue weighted by Crippen LogP contribution is -2.66. The molecule has 0 radical (unpaired) electrons. The van der Waals surface area contributed by atoms with E-state index in [1.807, 2.05) is 0 Å². The van der Waals surface area contributed by atoms with Crippen molar-refractivity contribution < 1.29 is 84.4 Å². The fourth-order valence-corrected chi connectivity index (χ4v) is 4.92. The summed E-state index contributed by atoms with van der Waals surface area (Å²) in [5.74, 6) is 0.0308. The van der Waals surface area contributed by atoms with Crippen molar-refractivity contribution in [3.63, 3.8) is 0 Å². The average molecular weight is 626 g/mol. The number of non-ortho nitro benzene ring substituents is 1. The van der Waals surface area contributed by atoms with Crippen molar-refractivity contribution in [2.24, 2.45) is 0 Å². The first-order valence-corrected chi connectivity index (χ1v) is 13.2. The van der Waals surface area contributed by atoms with Crippen LogP contribution in [0.25, 0.3) is 0 Å². The van der Waals surface area contributed by atoms with Crippen LogP contribution in [0.3, 0.4) is 0 Å². The Morgan fingerprint density at radius 2 is 1.02 bits per heavy atom. The number of ether oxygens (including phenoxy) is 6. The molecule has 43 heavy (non-hydrogen) atoms. The topological polar surface area (TPSA) is 301 Å². The molecule has 3 aliphatic heterocycles. The molecule has 0 saturated carbocycles. The molecule has 1 aromatic rings. The Hall–Kier alpha value is -2.18. The summed E-state index contributed by atoms with van der Waals surface area (Å²) < 4.78 is 32.8. The Morgan fingerprint density at radius 3 is 1.49 bits per heavy atom. The van der Waals surface area contributed by atoms with Gasteiger partial charge in [-0.05, 0) is 12.1 Å². The van der Waals surface area contributed by atoms with Crippen molar-refractivity contribution in [1.29, 1.82) is 0 Å². The maximum atomic E-state index is 10.8. The van der Waals surface area contributed by atoms with Crippen LogP contribution in [-0.4, -0.2) is 168 Å². The largest absolute Gasteiger partial charge is 0.462 e. The number of hydrogen-bond acceptors (Lipinski definition) is 18. The highest BCUT2D eigenvalue weighted by atomic mass is 16.8. The summed E-state index contributed by atoms with van der Waals surface area (Å²) in [6.45, 7) is -2.42. The van der Waals surface area contributed by atoms with E-state index >= 15 is 0 Å².